The highest BCUT2D eigenvalue weighted by atomic mass is 79.9. The number of carbonyl (C=O) groups is 1. The summed E-state index contributed by atoms with van der Waals surface area (Å²) in [7, 11) is 0. The highest BCUT2D eigenvalue weighted by Crippen LogP contribution is 2.33. The lowest BCUT2D eigenvalue weighted by Crippen LogP contribution is -2.36. The second-order valence-corrected chi connectivity index (χ2v) is 7.60. The highest BCUT2D eigenvalue weighted by Gasteiger charge is 2.20. The Morgan fingerprint density at radius 2 is 1.77 bits per heavy atom. The van der Waals surface area contributed by atoms with E-state index in [0.29, 0.717) is 0 Å². The van der Waals surface area contributed by atoms with Gasteiger partial charge in [0.15, 0.2) is 5.78 Å². The van der Waals surface area contributed by atoms with Crippen molar-refractivity contribution in [1.29, 1.82) is 0 Å². The second-order valence-electron chi connectivity index (χ2n) is 5.38. The van der Waals surface area contributed by atoms with Gasteiger partial charge in [-0.3, -0.25) is 4.79 Å². The summed E-state index contributed by atoms with van der Waals surface area (Å²) in [6.45, 7) is 7.36. The van der Waals surface area contributed by atoms with Gasteiger partial charge in [0.05, 0.1) is 18.8 Å². The minimum atomic E-state index is 0.0854. The third kappa shape index (κ3) is 2.98. The van der Waals surface area contributed by atoms with Gasteiger partial charge < -0.3 is 9.64 Å². The van der Waals surface area contributed by atoms with E-state index in [1.807, 2.05) is 38.1 Å². The predicted molar refractivity (Wildman–Crippen MR) is 94.4 cm³/mol. The minimum absolute atomic E-state index is 0.0854. The Kier molecular flexibility index (Phi) is 4.66. The van der Waals surface area contributed by atoms with Gasteiger partial charge in [0.25, 0.3) is 0 Å². The average molecular weight is 380 g/mol. The van der Waals surface area contributed by atoms with E-state index in [4.69, 9.17) is 4.74 Å². The molecule has 2 heterocycles. The van der Waals surface area contributed by atoms with Crippen molar-refractivity contribution in [3.63, 3.8) is 0 Å². The van der Waals surface area contributed by atoms with E-state index < -0.39 is 0 Å². The lowest BCUT2D eigenvalue weighted by atomic mass is 10.0. The van der Waals surface area contributed by atoms with Gasteiger partial charge in [-0.2, -0.15) is 0 Å². The third-order valence-corrected chi connectivity index (χ3v) is 6.19. The lowest BCUT2D eigenvalue weighted by Gasteiger charge is -2.28. The molecule has 22 heavy (non-hydrogen) atoms. The average Bonchev–Trinajstić information content (AvgIpc) is 2.80. The zero-order valence-corrected chi connectivity index (χ0v) is 15.1. The van der Waals surface area contributed by atoms with E-state index in [0.717, 1.165) is 57.3 Å². The maximum Gasteiger partial charge on any atom is 0.195 e. The van der Waals surface area contributed by atoms with E-state index in [9.17, 15) is 4.79 Å². The molecule has 1 saturated heterocycles. The standard InChI is InChI=1S/C17H18BrNO2S/c1-11-15(16(18)12(2)22-11)17(20)13-3-5-14(6-4-13)19-7-9-21-10-8-19/h3-6H,7-10H2,1-2H3. The third-order valence-electron chi connectivity index (χ3n) is 3.92. The first-order valence-electron chi connectivity index (χ1n) is 7.31. The normalized spacial score (nSPS) is 15.1. The Morgan fingerprint density at radius 1 is 1.14 bits per heavy atom. The van der Waals surface area contributed by atoms with Crippen LogP contribution in [0.25, 0.3) is 0 Å². The molecule has 1 aromatic heterocycles. The fraction of sp³-hybridized carbons (Fsp3) is 0.353. The summed E-state index contributed by atoms with van der Waals surface area (Å²) >= 11 is 5.20. The number of rotatable bonds is 3. The molecule has 0 unspecified atom stereocenters. The molecule has 1 aliphatic heterocycles. The van der Waals surface area contributed by atoms with Crippen LogP contribution in [-0.4, -0.2) is 32.1 Å². The van der Waals surface area contributed by atoms with Gasteiger partial charge in [0.1, 0.15) is 0 Å². The van der Waals surface area contributed by atoms with Crippen LogP contribution in [0.4, 0.5) is 5.69 Å². The maximum atomic E-state index is 12.7. The smallest absolute Gasteiger partial charge is 0.195 e. The van der Waals surface area contributed by atoms with Crippen LogP contribution in [0.2, 0.25) is 0 Å². The van der Waals surface area contributed by atoms with Crippen LogP contribution < -0.4 is 4.90 Å². The van der Waals surface area contributed by atoms with Crippen molar-refractivity contribution < 1.29 is 9.53 Å². The molecular formula is C17H18BrNO2S. The number of benzene rings is 1. The van der Waals surface area contributed by atoms with Crippen molar-refractivity contribution in [3.05, 3.63) is 49.6 Å². The van der Waals surface area contributed by atoms with E-state index in [1.54, 1.807) is 11.3 Å². The molecule has 0 N–H and O–H groups in total. The minimum Gasteiger partial charge on any atom is -0.378 e. The molecule has 0 aliphatic carbocycles. The van der Waals surface area contributed by atoms with Crippen molar-refractivity contribution in [2.45, 2.75) is 13.8 Å². The molecule has 5 heteroatoms. The fourth-order valence-corrected chi connectivity index (χ4v) is 4.50. The molecule has 0 atom stereocenters. The van der Waals surface area contributed by atoms with Gasteiger partial charge in [-0.1, -0.05) is 0 Å². The van der Waals surface area contributed by atoms with Gasteiger partial charge in [-0.25, -0.2) is 0 Å². The van der Waals surface area contributed by atoms with Crippen molar-refractivity contribution >= 4 is 38.7 Å². The molecule has 1 fully saturated rings. The molecule has 1 aromatic carbocycles. The molecule has 2 aromatic rings. The molecule has 116 valence electrons. The maximum absolute atomic E-state index is 12.7. The molecule has 0 spiro atoms. The van der Waals surface area contributed by atoms with Crippen molar-refractivity contribution in [2.75, 3.05) is 31.2 Å². The first-order valence-corrected chi connectivity index (χ1v) is 8.92. The number of morpholine rings is 1. The van der Waals surface area contributed by atoms with E-state index in [1.165, 1.54) is 0 Å². The van der Waals surface area contributed by atoms with Crippen LogP contribution >= 0.6 is 27.3 Å². The van der Waals surface area contributed by atoms with Gasteiger partial charge >= 0.3 is 0 Å². The number of halogens is 1. The predicted octanol–water partition coefficient (Wildman–Crippen LogP) is 4.20. The summed E-state index contributed by atoms with van der Waals surface area (Å²) in [6, 6.07) is 7.90. The molecule has 0 radical (unpaired) electrons. The summed E-state index contributed by atoms with van der Waals surface area (Å²) < 4.78 is 6.30. The van der Waals surface area contributed by atoms with E-state index >= 15 is 0 Å². The van der Waals surface area contributed by atoms with E-state index in [2.05, 4.69) is 20.8 Å². The molecular weight excluding hydrogens is 362 g/mol. The number of nitrogens with zero attached hydrogens (tertiary/aromatic N) is 1. The van der Waals surface area contributed by atoms with Crippen LogP contribution in [0.1, 0.15) is 25.7 Å². The number of hydrogen-bond acceptors (Lipinski definition) is 4. The molecule has 1 aliphatic rings. The summed E-state index contributed by atoms with van der Waals surface area (Å²) in [6.07, 6.45) is 0. The van der Waals surface area contributed by atoms with Gasteiger partial charge in [-0.05, 0) is 54.0 Å². The number of ether oxygens (including phenoxy) is 1. The molecule has 0 bridgehead atoms. The number of aryl methyl sites for hydroxylation is 2. The summed E-state index contributed by atoms with van der Waals surface area (Å²) in [5.74, 6) is 0.0854. The Balaban J connectivity index is 1.84. The van der Waals surface area contributed by atoms with Crippen molar-refractivity contribution in [2.24, 2.45) is 0 Å². The van der Waals surface area contributed by atoms with Crippen molar-refractivity contribution in [3.8, 4) is 0 Å². The number of thiophene rings is 1. The number of hydrogen-bond donors (Lipinski definition) is 0. The van der Waals surface area contributed by atoms with Gasteiger partial charge in [0.2, 0.25) is 0 Å². The summed E-state index contributed by atoms with van der Waals surface area (Å²) in [5, 5.41) is 0. The number of carbonyl (C=O) groups excluding carboxylic acids is 1. The molecule has 0 amide bonds. The van der Waals surface area contributed by atoms with Crippen LogP contribution in [0.5, 0.6) is 0 Å². The topological polar surface area (TPSA) is 29.5 Å². The fourth-order valence-electron chi connectivity index (χ4n) is 2.71. The largest absolute Gasteiger partial charge is 0.378 e. The Morgan fingerprint density at radius 3 is 2.32 bits per heavy atom. The zero-order chi connectivity index (χ0) is 15.7. The highest BCUT2D eigenvalue weighted by molar-refractivity contribution is 9.10. The van der Waals surface area contributed by atoms with E-state index in [-0.39, 0.29) is 5.78 Å². The summed E-state index contributed by atoms with van der Waals surface area (Å²) in [5.41, 5.74) is 2.68. The van der Waals surface area contributed by atoms with Crippen LogP contribution in [-0.2, 0) is 4.74 Å². The zero-order valence-electron chi connectivity index (χ0n) is 12.7. The Hall–Kier alpha value is -1.17. The first kappa shape index (κ1) is 15.7. The second kappa shape index (κ2) is 6.52. The first-order chi connectivity index (χ1) is 10.6. The molecule has 0 saturated carbocycles. The monoisotopic (exact) mass is 379 g/mol. The van der Waals surface area contributed by atoms with Gasteiger partial charge in [0, 0.05) is 38.6 Å². The SMILES string of the molecule is Cc1sc(C)c(C(=O)c2ccc(N3CCOCC3)cc2)c1Br. The molecule has 3 nitrogen and oxygen atoms in total. The van der Waals surface area contributed by atoms with Crippen molar-refractivity contribution in [1.82, 2.24) is 0 Å². The van der Waals surface area contributed by atoms with Gasteiger partial charge in [-0.15, -0.1) is 11.3 Å². The number of anilines is 1. The Labute approximate surface area is 143 Å². The summed E-state index contributed by atoms with van der Waals surface area (Å²) in [4.78, 5) is 17.2. The van der Waals surface area contributed by atoms with Crippen LogP contribution in [0.15, 0.2) is 28.7 Å². The van der Waals surface area contributed by atoms with Crippen LogP contribution in [0, 0.1) is 13.8 Å². The molecule has 3 rings (SSSR count). The Bertz CT molecular complexity index is 687. The quantitative estimate of drug-likeness (QED) is 0.748. The lowest BCUT2D eigenvalue weighted by molar-refractivity contribution is 0.103. The van der Waals surface area contributed by atoms with Crippen LogP contribution in [0.3, 0.4) is 0 Å². The number of ketones is 1.